The van der Waals surface area contributed by atoms with Gasteiger partial charge in [-0.3, -0.25) is 9.59 Å². The normalized spacial score (nSPS) is 10.1. The molecule has 4 aromatic carbocycles. The molecule has 6 nitrogen and oxygen atoms in total. The van der Waals surface area contributed by atoms with Crippen molar-refractivity contribution in [3.8, 4) is 11.1 Å². The predicted octanol–water partition coefficient (Wildman–Crippen LogP) is 6.11. The Morgan fingerprint density at radius 1 is 0.444 bits per heavy atom. The molecular weight excluding hydrogens is 488 g/mol. The van der Waals surface area contributed by atoms with Gasteiger partial charge in [0.25, 0.3) is 11.8 Å². The molecule has 0 radical (unpaired) electrons. The average Bonchev–Trinajstić information content (AvgIpc) is 2.90. The minimum Gasteiger partial charge on any atom is -0.342 e. The summed E-state index contributed by atoms with van der Waals surface area (Å²) in [6, 6.07) is 33.1. The lowest BCUT2D eigenvalue weighted by Crippen LogP contribution is -2.28. The number of hydrogen-bond donors (Lipinski definition) is 4. The summed E-state index contributed by atoms with van der Waals surface area (Å²) < 4.78 is 0. The lowest BCUT2D eigenvalue weighted by molar-refractivity contribution is -0.110. The molecule has 0 unspecified atom stereocenters. The summed E-state index contributed by atoms with van der Waals surface area (Å²) in [6.07, 6.45) is 0. The molecule has 178 valence electrons. The Morgan fingerprint density at radius 3 is 1.17 bits per heavy atom. The van der Waals surface area contributed by atoms with Crippen molar-refractivity contribution in [3.05, 3.63) is 109 Å². The van der Waals surface area contributed by atoms with Crippen molar-refractivity contribution in [2.45, 2.75) is 0 Å². The Bertz CT molecular complexity index is 1300. The Morgan fingerprint density at radius 2 is 0.778 bits per heavy atom. The van der Waals surface area contributed by atoms with Gasteiger partial charge in [-0.2, -0.15) is 0 Å². The first kappa shape index (κ1) is 24.7. The van der Waals surface area contributed by atoms with E-state index < -0.39 is 11.8 Å². The van der Waals surface area contributed by atoms with Crippen LogP contribution >= 0.6 is 24.4 Å². The Kier molecular flexibility index (Phi) is 8.12. The summed E-state index contributed by atoms with van der Waals surface area (Å²) in [5.41, 5.74) is 4.14. The number of hydrogen-bond acceptors (Lipinski definition) is 4. The zero-order chi connectivity index (χ0) is 25.3. The summed E-state index contributed by atoms with van der Waals surface area (Å²) in [5.74, 6) is -0.840. The average molecular weight is 511 g/mol. The molecular formula is C28H22N4O2S2. The fourth-order valence-electron chi connectivity index (χ4n) is 3.43. The maximum Gasteiger partial charge on any atom is 0.283 e. The third kappa shape index (κ3) is 6.38. The lowest BCUT2D eigenvalue weighted by Gasteiger charge is -2.17. The number of thiocarbonyl (C=S) groups is 2. The molecule has 4 N–H and O–H groups in total. The molecule has 0 saturated heterocycles. The van der Waals surface area contributed by atoms with Crippen molar-refractivity contribution in [1.29, 1.82) is 0 Å². The van der Waals surface area contributed by atoms with E-state index in [1.54, 1.807) is 24.3 Å². The number of carbonyl (C=O) groups excluding carboxylic acids is 2. The molecule has 0 aliphatic carbocycles. The maximum atomic E-state index is 12.6. The van der Waals surface area contributed by atoms with E-state index >= 15 is 0 Å². The molecule has 0 heterocycles. The SMILES string of the molecule is O=C(Nc1ccccc1)C(=S)Nc1ccccc1-c1ccccc1NC(=S)C(=O)Nc1ccccc1. The van der Waals surface area contributed by atoms with Crippen molar-refractivity contribution < 1.29 is 9.59 Å². The summed E-state index contributed by atoms with van der Waals surface area (Å²) in [4.78, 5) is 25.3. The molecule has 8 heteroatoms. The van der Waals surface area contributed by atoms with Gasteiger partial charge >= 0.3 is 0 Å². The summed E-state index contributed by atoms with van der Waals surface area (Å²) >= 11 is 10.7. The van der Waals surface area contributed by atoms with Crippen molar-refractivity contribution >= 4 is 69.0 Å². The van der Waals surface area contributed by atoms with Crippen molar-refractivity contribution in [2.24, 2.45) is 0 Å². The molecule has 4 aromatic rings. The van der Waals surface area contributed by atoms with Crippen LogP contribution in [-0.2, 0) is 9.59 Å². The topological polar surface area (TPSA) is 82.3 Å². The highest BCUT2D eigenvalue weighted by atomic mass is 32.1. The Labute approximate surface area is 219 Å². The molecule has 0 bridgehead atoms. The molecule has 0 atom stereocenters. The third-order valence-corrected chi connectivity index (χ3v) is 5.69. The summed E-state index contributed by atoms with van der Waals surface area (Å²) in [6.45, 7) is 0. The van der Waals surface area contributed by atoms with Crippen LogP contribution in [0, 0.1) is 0 Å². The van der Waals surface area contributed by atoms with E-state index in [0.29, 0.717) is 22.7 Å². The fourth-order valence-corrected chi connectivity index (χ4v) is 3.75. The monoisotopic (exact) mass is 510 g/mol. The second-order valence-corrected chi connectivity index (χ2v) is 8.46. The second kappa shape index (κ2) is 11.8. The van der Waals surface area contributed by atoms with Crippen molar-refractivity contribution in [2.75, 3.05) is 21.3 Å². The number of amides is 2. The van der Waals surface area contributed by atoms with Gasteiger partial charge in [0.1, 0.15) is 0 Å². The van der Waals surface area contributed by atoms with E-state index in [4.69, 9.17) is 24.4 Å². The van der Waals surface area contributed by atoms with Crippen LogP contribution in [-0.4, -0.2) is 21.8 Å². The van der Waals surface area contributed by atoms with E-state index in [-0.39, 0.29) is 9.98 Å². The molecule has 36 heavy (non-hydrogen) atoms. The molecule has 2 amide bonds. The summed E-state index contributed by atoms with van der Waals surface area (Å²) in [5, 5.41) is 11.6. The first-order valence-corrected chi connectivity index (χ1v) is 11.9. The molecule has 0 aliphatic heterocycles. The van der Waals surface area contributed by atoms with Crippen LogP contribution in [0.3, 0.4) is 0 Å². The molecule has 0 fully saturated rings. The molecule has 4 rings (SSSR count). The molecule has 0 aliphatic rings. The number of nitrogens with one attached hydrogen (secondary N) is 4. The second-order valence-electron chi connectivity index (χ2n) is 7.64. The van der Waals surface area contributed by atoms with Crippen LogP contribution in [0.4, 0.5) is 22.7 Å². The third-order valence-electron chi connectivity index (χ3n) is 5.12. The van der Waals surface area contributed by atoms with E-state index in [2.05, 4.69) is 21.3 Å². The van der Waals surface area contributed by atoms with Gasteiger partial charge in [-0.15, -0.1) is 0 Å². The number of para-hydroxylation sites is 4. The molecule has 0 saturated carbocycles. The van der Waals surface area contributed by atoms with Crippen LogP contribution in [0.1, 0.15) is 0 Å². The predicted molar refractivity (Wildman–Crippen MR) is 154 cm³/mol. The number of benzene rings is 4. The highest BCUT2D eigenvalue weighted by molar-refractivity contribution is 7.82. The van der Waals surface area contributed by atoms with Crippen LogP contribution in [0.5, 0.6) is 0 Å². The van der Waals surface area contributed by atoms with E-state index in [1.165, 1.54) is 0 Å². The quantitative estimate of drug-likeness (QED) is 0.243. The first-order chi connectivity index (χ1) is 17.5. The smallest absolute Gasteiger partial charge is 0.283 e. The van der Waals surface area contributed by atoms with Gasteiger partial charge in [0.05, 0.1) is 0 Å². The van der Waals surface area contributed by atoms with Crippen molar-refractivity contribution in [3.63, 3.8) is 0 Å². The Balaban J connectivity index is 1.51. The maximum absolute atomic E-state index is 12.6. The van der Waals surface area contributed by atoms with Crippen LogP contribution in [0.15, 0.2) is 109 Å². The largest absolute Gasteiger partial charge is 0.342 e. The van der Waals surface area contributed by atoms with Crippen LogP contribution in [0.25, 0.3) is 11.1 Å². The van der Waals surface area contributed by atoms with Gasteiger partial charge in [0.2, 0.25) is 0 Å². The summed E-state index contributed by atoms with van der Waals surface area (Å²) in [7, 11) is 0. The van der Waals surface area contributed by atoms with Gasteiger partial charge in [0, 0.05) is 33.9 Å². The fraction of sp³-hybridized carbons (Fsp3) is 0. The highest BCUT2D eigenvalue weighted by Crippen LogP contribution is 2.33. The van der Waals surface area contributed by atoms with Gasteiger partial charge in [-0.1, -0.05) is 97.2 Å². The first-order valence-electron chi connectivity index (χ1n) is 11.0. The minimum absolute atomic E-state index is 0.0227. The van der Waals surface area contributed by atoms with E-state index in [1.807, 2.05) is 84.9 Å². The zero-order valence-corrected chi connectivity index (χ0v) is 20.7. The minimum atomic E-state index is -0.420. The van der Waals surface area contributed by atoms with Gasteiger partial charge in [0.15, 0.2) is 9.98 Å². The van der Waals surface area contributed by atoms with Crippen molar-refractivity contribution in [1.82, 2.24) is 0 Å². The van der Waals surface area contributed by atoms with Crippen LogP contribution in [0.2, 0.25) is 0 Å². The standard InChI is InChI=1S/C28H22N4O2S2/c33-25(29-19-11-3-1-4-12-19)27(35)31-23-17-9-7-15-21(23)22-16-8-10-18-24(22)32-28(36)26(34)30-20-13-5-2-6-14-20/h1-18H,(H,29,33)(H,30,34)(H,31,35)(H,32,36). The highest BCUT2D eigenvalue weighted by Gasteiger charge is 2.16. The van der Waals surface area contributed by atoms with Gasteiger partial charge in [-0.25, -0.2) is 0 Å². The van der Waals surface area contributed by atoms with Crippen LogP contribution < -0.4 is 21.3 Å². The lowest BCUT2D eigenvalue weighted by atomic mass is 10.0. The molecule has 0 aromatic heterocycles. The number of rotatable bonds is 5. The van der Waals surface area contributed by atoms with Gasteiger partial charge < -0.3 is 21.3 Å². The van der Waals surface area contributed by atoms with E-state index in [9.17, 15) is 9.59 Å². The molecule has 0 spiro atoms. The van der Waals surface area contributed by atoms with Gasteiger partial charge in [-0.05, 0) is 36.4 Å². The Hall–Kier alpha value is -4.40. The number of carbonyl (C=O) groups is 2. The number of anilines is 4. The zero-order valence-electron chi connectivity index (χ0n) is 19.0. The van der Waals surface area contributed by atoms with E-state index in [0.717, 1.165) is 11.1 Å².